The standard InChI is InChI=1S/C22H27FO6/c1-15-4-2-5-16(6-3-11-28-20-9-7-17(23)8-10-20)22(15)29-14-19(25)12-18(24)13-21(26)27/h2,4-5,7-10,18-19,24-25H,3,6,11-14H2,1H3,(H,26,27)/t18-,19+/m1/s1. The van der Waals surface area contributed by atoms with Crippen LogP contribution < -0.4 is 9.47 Å². The van der Waals surface area contributed by atoms with Gasteiger partial charge in [-0.2, -0.15) is 0 Å². The van der Waals surface area contributed by atoms with Crippen molar-refractivity contribution in [3.8, 4) is 11.5 Å². The van der Waals surface area contributed by atoms with Crippen molar-refractivity contribution in [2.45, 2.75) is 44.8 Å². The Bertz CT molecular complexity index is 777. The average molecular weight is 406 g/mol. The third-order valence-corrected chi connectivity index (χ3v) is 4.34. The predicted molar refractivity (Wildman–Crippen MR) is 106 cm³/mol. The van der Waals surface area contributed by atoms with Crippen LogP contribution in [0.1, 0.15) is 30.4 Å². The molecule has 2 aromatic rings. The van der Waals surface area contributed by atoms with Gasteiger partial charge in [0.15, 0.2) is 0 Å². The van der Waals surface area contributed by atoms with E-state index in [1.54, 1.807) is 12.1 Å². The summed E-state index contributed by atoms with van der Waals surface area (Å²) >= 11 is 0. The van der Waals surface area contributed by atoms with Gasteiger partial charge in [-0.15, -0.1) is 0 Å². The second kappa shape index (κ2) is 11.4. The molecule has 0 aliphatic heterocycles. The first-order valence-electron chi connectivity index (χ1n) is 9.52. The van der Waals surface area contributed by atoms with Crippen molar-refractivity contribution in [1.82, 2.24) is 0 Å². The Labute approximate surface area is 169 Å². The number of carboxylic acid groups (broad SMARTS) is 1. The lowest BCUT2D eigenvalue weighted by molar-refractivity contribution is -0.139. The summed E-state index contributed by atoms with van der Waals surface area (Å²) in [4.78, 5) is 10.6. The molecule has 0 saturated carbocycles. The number of ether oxygens (including phenoxy) is 2. The van der Waals surface area contributed by atoms with Gasteiger partial charge in [0.25, 0.3) is 0 Å². The zero-order valence-electron chi connectivity index (χ0n) is 16.4. The van der Waals surface area contributed by atoms with Crippen molar-refractivity contribution in [3.05, 3.63) is 59.4 Å². The summed E-state index contributed by atoms with van der Waals surface area (Å²) < 4.78 is 24.3. The molecule has 0 saturated heterocycles. The summed E-state index contributed by atoms with van der Waals surface area (Å²) in [7, 11) is 0. The molecule has 0 aromatic heterocycles. The summed E-state index contributed by atoms with van der Waals surface area (Å²) in [6, 6.07) is 11.6. The third-order valence-electron chi connectivity index (χ3n) is 4.34. The number of aliphatic hydroxyl groups is 2. The van der Waals surface area contributed by atoms with Gasteiger partial charge in [-0.1, -0.05) is 18.2 Å². The van der Waals surface area contributed by atoms with E-state index >= 15 is 0 Å². The fourth-order valence-electron chi connectivity index (χ4n) is 2.95. The molecule has 0 aliphatic rings. The molecule has 0 spiro atoms. The largest absolute Gasteiger partial charge is 0.494 e. The number of hydrogen-bond donors (Lipinski definition) is 3. The third kappa shape index (κ3) is 8.09. The SMILES string of the molecule is Cc1cccc(CCCOc2ccc(F)cc2)c1OC[C@@H](O)C[C@@H](O)CC(=O)O. The van der Waals surface area contributed by atoms with Crippen molar-refractivity contribution in [2.75, 3.05) is 13.2 Å². The number of rotatable bonds is 12. The van der Waals surface area contributed by atoms with E-state index in [0.29, 0.717) is 24.5 Å². The van der Waals surface area contributed by atoms with Gasteiger partial charge in [0.1, 0.15) is 23.9 Å². The lowest BCUT2D eigenvalue weighted by atomic mass is 10.0. The average Bonchev–Trinajstić information content (AvgIpc) is 2.65. The fraction of sp³-hybridized carbons (Fsp3) is 0.409. The molecule has 7 heteroatoms. The predicted octanol–water partition coefficient (Wildman–Crippen LogP) is 3.11. The summed E-state index contributed by atoms with van der Waals surface area (Å²) in [5.41, 5.74) is 1.88. The van der Waals surface area contributed by atoms with E-state index in [9.17, 15) is 19.4 Å². The van der Waals surface area contributed by atoms with E-state index in [4.69, 9.17) is 14.6 Å². The Balaban J connectivity index is 1.84. The monoisotopic (exact) mass is 406 g/mol. The highest BCUT2D eigenvalue weighted by molar-refractivity contribution is 5.67. The van der Waals surface area contributed by atoms with E-state index in [2.05, 4.69) is 0 Å². The Hall–Kier alpha value is -2.64. The number of aryl methyl sites for hydroxylation is 2. The molecule has 0 amide bonds. The Morgan fingerprint density at radius 3 is 2.48 bits per heavy atom. The number of hydrogen-bond acceptors (Lipinski definition) is 5. The molecule has 2 rings (SSSR count). The molecule has 3 N–H and O–H groups in total. The number of para-hydroxylation sites is 1. The van der Waals surface area contributed by atoms with Crippen molar-refractivity contribution >= 4 is 5.97 Å². The van der Waals surface area contributed by atoms with Crippen LogP contribution in [0.3, 0.4) is 0 Å². The highest BCUT2D eigenvalue weighted by atomic mass is 19.1. The summed E-state index contributed by atoms with van der Waals surface area (Å²) in [6.07, 6.45) is -1.17. The van der Waals surface area contributed by atoms with Gasteiger partial charge in [0.05, 0.1) is 25.2 Å². The Morgan fingerprint density at radius 2 is 1.79 bits per heavy atom. The molecular weight excluding hydrogens is 379 g/mol. The molecule has 0 bridgehead atoms. The van der Waals surface area contributed by atoms with Crippen LogP contribution in [-0.4, -0.2) is 46.7 Å². The zero-order valence-corrected chi connectivity index (χ0v) is 16.4. The van der Waals surface area contributed by atoms with Crippen LogP contribution in [0.5, 0.6) is 11.5 Å². The first kappa shape index (κ1) is 22.6. The van der Waals surface area contributed by atoms with Crippen LogP contribution in [0, 0.1) is 12.7 Å². The van der Waals surface area contributed by atoms with Crippen LogP contribution in [0.4, 0.5) is 4.39 Å². The highest BCUT2D eigenvalue weighted by Gasteiger charge is 2.17. The van der Waals surface area contributed by atoms with Crippen LogP contribution in [0.15, 0.2) is 42.5 Å². The molecule has 29 heavy (non-hydrogen) atoms. The molecule has 6 nitrogen and oxygen atoms in total. The number of aliphatic carboxylic acids is 1. The number of aliphatic hydroxyl groups excluding tert-OH is 2. The lowest BCUT2D eigenvalue weighted by Gasteiger charge is -2.18. The van der Waals surface area contributed by atoms with E-state index in [1.165, 1.54) is 12.1 Å². The quantitative estimate of drug-likeness (QED) is 0.469. The van der Waals surface area contributed by atoms with Crippen molar-refractivity contribution in [1.29, 1.82) is 0 Å². The van der Waals surface area contributed by atoms with Gasteiger partial charge in [-0.05, 0) is 55.2 Å². The first-order chi connectivity index (χ1) is 13.8. The first-order valence-corrected chi connectivity index (χ1v) is 9.52. The lowest BCUT2D eigenvalue weighted by Crippen LogP contribution is -2.25. The van der Waals surface area contributed by atoms with Crippen LogP contribution in [0.2, 0.25) is 0 Å². The van der Waals surface area contributed by atoms with Gasteiger partial charge >= 0.3 is 5.97 Å². The molecule has 2 atom stereocenters. The maximum Gasteiger partial charge on any atom is 0.305 e. The number of carboxylic acids is 1. The molecule has 0 heterocycles. The second-order valence-corrected chi connectivity index (χ2v) is 6.92. The molecule has 0 radical (unpaired) electrons. The molecule has 0 aliphatic carbocycles. The van der Waals surface area contributed by atoms with E-state index in [1.807, 2.05) is 25.1 Å². The van der Waals surface area contributed by atoms with E-state index in [0.717, 1.165) is 17.5 Å². The maximum absolute atomic E-state index is 12.9. The van der Waals surface area contributed by atoms with Crippen LogP contribution in [0.25, 0.3) is 0 Å². The summed E-state index contributed by atoms with van der Waals surface area (Å²) in [5.74, 6) is -0.151. The van der Waals surface area contributed by atoms with Gasteiger partial charge in [0, 0.05) is 6.42 Å². The van der Waals surface area contributed by atoms with Crippen LogP contribution >= 0.6 is 0 Å². The fourth-order valence-corrected chi connectivity index (χ4v) is 2.95. The minimum atomic E-state index is -1.12. The number of benzene rings is 2. The molecule has 0 fully saturated rings. The summed E-state index contributed by atoms with van der Waals surface area (Å²) in [6.45, 7) is 2.32. The van der Waals surface area contributed by atoms with Gasteiger partial charge < -0.3 is 24.8 Å². The molecular formula is C22H27FO6. The summed E-state index contributed by atoms with van der Waals surface area (Å²) in [5, 5.41) is 28.3. The van der Waals surface area contributed by atoms with E-state index < -0.39 is 24.6 Å². The van der Waals surface area contributed by atoms with E-state index in [-0.39, 0.29) is 18.8 Å². The molecule has 0 unspecified atom stereocenters. The van der Waals surface area contributed by atoms with Crippen molar-refractivity contribution < 1.29 is 34.0 Å². The van der Waals surface area contributed by atoms with Gasteiger partial charge in [0.2, 0.25) is 0 Å². The topological polar surface area (TPSA) is 96.2 Å². The normalized spacial score (nSPS) is 13.0. The minimum Gasteiger partial charge on any atom is -0.494 e. The highest BCUT2D eigenvalue weighted by Crippen LogP contribution is 2.25. The smallest absolute Gasteiger partial charge is 0.305 e. The van der Waals surface area contributed by atoms with Crippen molar-refractivity contribution in [3.63, 3.8) is 0 Å². The Kier molecular flexibility index (Phi) is 8.89. The maximum atomic E-state index is 12.9. The minimum absolute atomic E-state index is 0.0411. The molecule has 2 aromatic carbocycles. The second-order valence-electron chi connectivity index (χ2n) is 6.92. The number of halogens is 1. The van der Waals surface area contributed by atoms with Gasteiger partial charge in [-0.25, -0.2) is 4.39 Å². The zero-order chi connectivity index (χ0) is 21.2. The van der Waals surface area contributed by atoms with Crippen molar-refractivity contribution in [2.24, 2.45) is 0 Å². The van der Waals surface area contributed by atoms with Crippen LogP contribution in [-0.2, 0) is 11.2 Å². The number of carbonyl (C=O) groups is 1. The Morgan fingerprint density at radius 1 is 1.07 bits per heavy atom. The molecule has 158 valence electrons. The van der Waals surface area contributed by atoms with Gasteiger partial charge in [-0.3, -0.25) is 4.79 Å².